The predicted molar refractivity (Wildman–Crippen MR) is 129 cm³/mol. The molecule has 3 aliphatic heterocycles. The van der Waals surface area contributed by atoms with Gasteiger partial charge in [-0.3, -0.25) is 19.9 Å². The van der Waals surface area contributed by atoms with E-state index >= 15 is 0 Å². The summed E-state index contributed by atoms with van der Waals surface area (Å²) in [7, 11) is 1.78. The van der Waals surface area contributed by atoms with Crippen LogP contribution in [-0.4, -0.2) is 71.8 Å². The number of hydrogen-bond acceptors (Lipinski definition) is 5. The Kier molecular flexibility index (Phi) is 5.80. The van der Waals surface area contributed by atoms with Crippen LogP contribution in [0.3, 0.4) is 0 Å². The largest absolute Gasteiger partial charge is 0.343 e. The number of anilines is 1. The van der Waals surface area contributed by atoms with Gasteiger partial charge in [0, 0.05) is 37.4 Å². The summed E-state index contributed by atoms with van der Waals surface area (Å²) in [6.07, 6.45) is 0.0990. The summed E-state index contributed by atoms with van der Waals surface area (Å²) in [5.74, 6) is 0.236. The highest BCUT2D eigenvalue weighted by molar-refractivity contribution is 6.31. The summed E-state index contributed by atoms with van der Waals surface area (Å²) < 4.78 is 0. The number of amides is 3. The van der Waals surface area contributed by atoms with E-state index in [4.69, 9.17) is 11.6 Å². The zero-order valence-electron chi connectivity index (χ0n) is 19.2. The number of carbonyl (C=O) groups is 2. The lowest BCUT2D eigenvalue weighted by Gasteiger charge is -2.46. The third-order valence-corrected chi connectivity index (χ3v) is 7.51. The molecule has 0 aromatic heterocycles. The van der Waals surface area contributed by atoms with Gasteiger partial charge in [-0.05, 0) is 42.5 Å². The second-order valence-corrected chi connectivity index (χ2v) is 9.79. The lowest BCUT2D eigenvalue weighted by atomic mass is 10.0. The van der Waals surface area contributed by atoms with Crippen LogP contribution >= 0.6 is 11.6 Å². The summed E-state index contributed by atoms with van der Waals surface area (Å²) in [5.41, 5.74) is 3.18. The number of carbonyl (C=O) groups excluding carboxylic acids is 2. The van der Waals surface area contributed by atoms with Gasteiger partial charge in [-0.1, -0.05) is 54.9 Å². The van der Waals surface area contributed by atoms with Crippen LogP contribution in [0.2, 0.25) is 5.02 Å². The Labute approximate surface area is 199 Å². The number of rotatable bonds is 4. The van der Waals surface area contributed by atoms with E-state index < -0.39 is 6.04 Å². The van der Waals surface area contributed by atoms with Crippen molar-refractivity contribution in [3.8, 4) is 0 Å². The van der Waals surface area contributed by atoms with Crippen molar-refractivity contribution in [1.29, 1.82) is 0 Å². The fourth-order valence-electron chi connectivity index (χ4n) is 5.40. The summed E-state index contributed by atoms with van der Waals surface area (Å²) >= 11 is 6.43. The summed E-state index contributed by atoms with van der Waals surface area (Å²) in [4.78, 5) is 34.4. The molecule has 3 amide bonds. The van der Waals surface area contributed by atoms with E-state index in [1.807, 2.05) is 49.4 Å². The van der Waals surface area contributed by atoms with Crippen molar-refractivity contribution in [3.63, 3.8) is 0 Å². The number of fused-ring (bicyclic) bond motifs is 3. The number of imide groups is 1. The van der Waals surface area contributed by atoms with E-state index in [0.717, 1.165) is 34.9 Å². The van der Waals surface area contributed by atoms with Gasteiger partial charge in [-0.15, -0.1) is 0 Å². The van der Waals surface area contributed by atoms with Gasteiger partial charge in [0.05, 0.1) is 0 Å². The van der Waals surface area contributed by atoms with Crippen molar-refractivity contribution in [3.05, 3.63) is 64.7 Å². The fraction of sp³-hybridized carbons (Fsp3) is 0.440. The molecule has 7 nitrogen and oxygen atoms in total. The normalized spacial score (nSPS) is 27.7. The highest BCUT2D eigenvalue weighted by Gasteiger charge is 2.56. The van der Waals surface area contributed by atoms with Gasteiger partial charge in [0.2, 0.25) is 0 Å². The van der Waals surface area contributed by atoms with Gasteiger partial charge in [0.1, 0.15) is 18.5 Å². The standard InChI is InChI=1S/C25H30ClN5O2/c1-16-14-30(20-11-7-10-19(26)17(20)2)24-27-22-21(31(24)15-16)23(32)29(25(33)28(22)3)13-12-18-8-5-4-6-9-18/h4-11,16,21-22,24,27H,12-15H2,1-3H3. The topological polar surface area (TPSA) is 59.1 Å². The molecule has 2 aromatic carbocycles. The maximum Gasteiger partial charge on any atom is 0.327 e. The van der Waals surface area contributed by atoms with Crippen molar-refractivity contribution < 1.29 is 9.59 Å². The van der Waals surface area contributed by atoms with Crippen LogP contribution in [0, 0.1) is 12.8 Å². The van der Waals surface area contributed by atoms with Crippen LogP contribution in [-0.2, 0) is 11.2 Å². The monoisotopic (exact) mass is 467 g/mol. The van der Waals surface area contributed by atoms with Crippen LogP contribution in [0.4, 0.5) is 10.5 Å². The highest BCUT2D eigenvalue weighted by Crippen LogP contribution is 2.36. The van der Waals surface area contributed by atoms with E-state index in [9.17, 15) is 9.59 Å². The molecule has 33 heavy (non-hydrogen) atoms. The molecule has 8 heteroatoms. The Morgan fingerprint density at radius 3 is 2.58 bits per heavy atom. The summed E-state index contributed by atoms with van der Waals surface area (Å²) in [6, 6.07) is 15.2. The van der Waals surface area contributed by atoms with Gasteiger partial charge in [0.25, 0.3) is 5.91 Å². The molecule has 2 aromatic rings. The second-order valence-electron chi connectivity index (χ2n) is 9.39. The van der Waals surface area contributed by atoms with Crippen molar-refractivity contribution in [2.24, 2.45) is 5.92 Å². The third kappa shape index (κ3) is 3.78. The number of halogens is 1. The van der Waals surface area contributed by atoms with E-state index in [-0.39, 0.29) is 24.4 Å². The fourth-order valence-corrected chi connectivity index (χ4v) is 5.57. The van der Waals surface area contributed by atoms with E-state index in [1.54, 1.807) is 11.9 Å². The average Bonchev–Trinajstić information content (AvgIpc) is 3.19. The highest BCUT2D eigenvalue weighted by atomic mass is 35.5. The number of nitrogens with one attached hydrogen (secondary N) is 1. The molecule has 0 aliphatic carbocycles. The molecule has 4 unspecified atom stereocenters. The van der Waals surface area contributed by atoms with E-state index in [1.165, 1.54) is 4.90 Å². The van der Waals surface area contributed by atoms with Crippen LogP contribution in [0.5, 0.6) is 0 Å². The van der Waals surface area contributed by atoms with Crippen LogP contribution in [0.1, 0.15) is 18.1 Å². The van der Waals surface area contributed by atoms with E-state index in [0.29, 0.717) is 18.9 Å². The van der Waals surface area contributed by atoms with Crippen molar-refractivity contribution in [2.75, 3.05) is 31.6 Å². The number of hydrogen-bond donors (Lipinski definition) is 1. The molecule has 5 rings (SSSR count). The minimum atomic E-state index is -0.418. The maximum atomic E-state index is 13.7. The van der Waals surface area contributed by atoms with Crippen molar-refractivity contribution >= 4 is 29.2 Å². The first-order chi connectivity index (χ1) is 15.9. The Balaban J connectivity index is 1.43. The molecular formula is C25H30ClN5O2. The number of likely N-dealkylation sites (N-methyl/N-ethyl adjacent to an activating group) is 1. The molecule has 0 bridgehead atoms. The first-order valence-electron chi connectivity index (χ1n) is 11.5. The first kappa shape index (κ1) is 22.2. The van der Waals surface area contributed by atoms with Crippen LogP contribution < -0.4 is 10.2 Å². The molecular weight excluding hydrogens is 438 g/mol. The Morgan fingerprint density at radius 2 is 1.82 bits per heavy atom. The molecule has 4 atom stereocenters. The Hall–Kier alpha value is -2.61. The zero-order valence-corrected chi connectivity index (χ0v) is 20.0. The first-order valence-corrected chi connectivity index (χ1v) is 11.9. The number of urea groups is 1. The third-order valence-electron chi connectivity index (χ3n) is 7.10. The number of nitrogens with zero attached hydrogens (tertiary/aromatic N) is 4. The molecule has 1 N–H and O–H groups in total. The molecule has 3 saturated heterocycles. The summed E-state index contributed by atoms with van der Waals surface area (Å²) in [6.45, 7) is 6.23. The molecule has 174 valence electrons. The quantitative estimate of drug-likeness (QED) is 0.748. The number of benzene rings is 2. The Bertz CT molecular complexity index is 1060. The predicted octanol–water partition coefficient (Wildman–Crippen LogP) is 3.12. The van der Waals surface area contributed by atoms with Gasteiger partial charge in [-0.25, -0.2) is 4.79 Å². The lowest BCUT2D eigenvalue weighted by Crippen LogP contribution is -2.66. The van der Waals surface area contributed by atoms with Gasteiger partial charge in [0.15, 0.2) is 0 Å². The minimum Gasteiger partial charge on any atom is -0.343 e. The van der Waals surface area contributed by atoms with Crippen LogP contribution in [0.25, 0.3) is 0 Å². The lowest BCUT2D eigenvalue weighted by molar-refractivity contribution is -0.138. The average molecular weight is 468 g/mol. The smallest absolute Gasteiger partial charge is 0.327 e. The SMILES string of the molecule is Cc1c(Cl)cccc1N1CC(C)CN2C3C(=O)N(CCc4ccccc4)C(=O)N(C)C3NC12. The van der Waals surface area contributed by atoms with Crippen molar-refractivity contribution in [1.82, 2.24) is 20.0 Å². The molecule has 0 saturated carbocycles. The molecule has 0 radical (unpaired) electrons. The maximum absolute atomic E-state index is 13.7. The minimum absolute atomic E-state index is 0.120. The Morgan fingerprint density at radius 1 is 1.06 bits per heavy atom. The molecule has 3 aliphatic rings. The second kappa shape index (κ2) is 8.63. The molecule has 3 heterocycles. The van der Waals surface area contributed by atoms with Gasteiger partial charge < -0.3 is 9.80 Å². The summed E-state index contributed by atoms with van der Waals surface area (Å²) in [5, 5.41) is 4.31. The molecule has 3 fully saturated rings. The zero-order chi connectivity index (χ0) is 23.3. The molecule has 0 spiro atoms. The van der Waals surface area contributed by atoms with Gasteiger partial charge >= 0.3 is 6.03 Å². The van der Waals surface area contributed by atoms with Crippen molar-refractivity contribution in [2.45, 2.75) is 38.8 Å². The van der Waals surface area contributed by atoms with E-state index in [2.05, 4.69) is 28.1 Å². The van der Waals surface area contributed by atoms with Gasteiger partial charge in [-0.2, -0.15) is 0 Å². The van der Waals surface area contributed by atoms with Crippen LogP contribution in [0.15, 0.2) is 48.5 Å².